The normalized spacial score (nSPS) is 18.4. The summed E-state index contributed by atoms with van der Waals surface area (Å²) in [6.07, 6.45) is 2.71. The lowest BCUT2D eigenvalue weighted by Crippen LogP contribution is -2.60. The molecule has 1 aromatic heterocycles. The summed E-state index contributed by atoms with van der Waals surface area (Å²) in [7, 11) is 0. The zero-order chi connectivity index (χ0) is 16.4. The van der Waals surface area contributed by atoms with Gasteiger partial charge in [-0.15, -0.1) is 0 Å². The molecule has 22 heavy (non-hydrogen) atoms. The molecule has 2 rings (SSSR count). The van der Waals surface area contributed by atoms with Gasteiger partial charge in [0.05, 0.1) is 11.6 Å². The summed E-state index contributed by atoms with van der Waals surface area (Å²) in [6.45, 7) is 8.36. The van der Waals surface area contributed by atoms with Crippen molar-refractivity contribution in [1.29, 1.82) is 0 Å². The van der Waals surface area contributed by atoms with Crippen LogP contribution in [0.4, 0.5) is 4.79 Å². The number of amides is 1. The van der Waals surface area contributed by atoms with E-state index >= 15 is 0 Å². The van der Waals surface area contributed by atoms with E-state index in [-0.39, 0.29) is 17.7 Å². The number of carbonyl (C=O) groups is 1. The molecule has 0 bridgehead atoms. The van der Waals surface area contributed by atoms with Crippen molar-refractivity contribution in [3.05, 3.63) is 22.6 Å². The molecule has 5 nitrogen and oxygen atoms in total. The average molecular weight is 373 g/mol. The molecule has 1 fully saturated rings. The van der Waals surface area contributed by atoms with Gasteiger partial charge >= 0.3 is 6.09 Å². The van der Waals surface area contributed by atoms with Gasteiger partial charge in [0.25, 0.3) is 0 Å². The molecule has 0 radical (unpaired) electrons. The summed E-state index contributed by atoms with van der Waals surface area (Å²) >= 11 is 3.31. The second-order valence-corrected chi connectivity index (χ2v) is 7.79. The number of hydrogen-bond acceptors (Lipinski definition) is 4. The highest BCUT2D eigenvalue weighted by Crippen LogP contribution is 2.32. The van der Waals surface area contributed by atoms with Crippen molar-refractivity contribution in [3.63, 3.8) is 0 Å². The Labute approximate surface area is 140 Å². The van der Waals surface area contributed by atoms with Gasteiger partial charge < -0.3 is 19.8 Å². The lowest BCUT2D eigenvalue weighted by atomic mass is 9.76. The van der Waals surface area contributed by atoms with Crippen LogP contribution < -0.4 is 10.6 Å². The van der Waals surface area contributed by atoms with E-state index in [1.54, 1.807) is 0 Å². The highest BCUT2D eigenvalue weighted by atomic mass is 79.9. The summed E-state index contributed by atoms with van der Waals surface area (Å²) in [5.41, 5.74) is -0.684. The quantitative estimate of drug-likeness (QED) is 0.814. The largest absolute Gasteiger partial charge is 0.453 e. The zero-order valence-electron chi connectivity index (χ0n) is 13.7. The summed E-state index contributed by atoms with van der Waals surface area (Å²) in [4.78, 5) is 12.0. The third-order valence-corrected chi connectivity index (χ3v) is 4.27. The number of carbonyl (C=O) groups excluding carboxylic acids is 1. The van der Waals surface area contributed by atoms with E-state index in [9.17, 15) is 4.79 Å². The molecule has 0 spiro atoms. The van der Waals surface area contributed by atoms with E-state index in [1.807, 2.05) is 39.8 Å². The molecule has 1 amide bonds. The number of alkyl carbamates (subject to hydrolysis) is 1. The Balaban J connectivity index is 1.87. The van der Waals surface area contributed by atoms with Crippen molar-refractivity contribution in [2.45, 2.75) is 64.1 Å². The van der Waals surface area contributed by atoms with Crippen LogP contribution in [0.3, 0.4) is 0 Å². The smallest absolute Gasteiger partial charge is 0.408 e. The third-order valence-electron chi connectivity index (χ3n) is 3.84. The predicted molar refractivity (Wildman–Crippen MR) is 88.8 cm³/mol. The van der Waals surface area contributed by atoms with Crippen molar-refractivity contribution in [2.75, 3.05) is 6.54 Å². The minimum absolute atomic E-state index is 0.0872. The maximum Gasteiger partial charge on any atom is 0.408 e. The molecule has 6 heteroatoms. The molecule has 1 unspecified atom stereocenters. The van der Waals surface area contributed by atoms with Crippen LogP contribution in [0, 0.1) is 0 Å². The van der Waals surface area contributed by atoms with E-state index in [4.69, 9.17) is 9.15 Å². The summed E-state index contributed by atoms with van der Waals surface area (Å²) in [5.74, 6) is 0.874. The van der Waals surface area contributed by atoms with Gasteiger partial charge in [-0.25, -0.2) is 4.79 Å². The minimum Gasteiger partial charge on any atom is -0.453 e. The monoisotopic (exact) mass is 372 g/mol. The number of furan rings is 1. The second kappa shape index (κ2) is 6.62. The zero-order valence-corrected chi connectivity index (χ0v) is 15.2. The van der Waals surface area contributed by atoms with Crippen LogP contribution in [0.25, 0.3) is 0 Å². The summed E-state index contributed by atoms with van der Waals surface area (Å²) < 4.78 is 11.6. The second-order valence-electron chi connectivity index (χ2n) is 7.01. The fraction of sp³-hybridized carbons (Fsp3) is 0.688. The Bertz CT molecular complexity index is 518. The van der Waals surface area contributed by atoms with Gasteiger partial charge in [-0.2, -0.15) is 0 Å². The first-order chi connectivity index (χ1) is 10.2. The molecule has 1 aliphatic rings. The first kappa shape index (κ1) is 17.3. The first-order valence-electron chi connectivity index (χ1n) is 7.69. The highest BCUT2D eigenvalue weighted by Gasteiger charge is 2.39. The van der Waals surface area contributed by atoms with Gasteiger partial charge in [0.2, 0.25) is 0 Å². The van der Waals surface area contributed by atoms with Crippen LogP contribution in [-0.4, -0.2) is 23.8 Å². The Morgan fingerprint density at radius 3 is 2.59 bits per heavy atom. The van der Waals surface area contributed by atoms with Gasteiger partial charge in [0, 0.05) is 6.54 Å². The van der Waals surface area contributed by atoms with Crippen LogP contribution in [-0.2, 0) is 4.74 Å². The van der Waals surface area contributed by atoms with Crippen molar-refractivity contribution in [1.82, 2.24) is 10.6 Å². The predicted octanol–water partition coefficient (Wildman–Crippen LogP) is 4.14. The number of nitrogens with one attached hydrogen (secondary N) is 2. The molecular weight excluding hydrogens is 348 g/mol. The van der Waals surface area contributed by atoms with Crippen molar-refractivity contribution < 1.29 is 13.9 Å². The molecule has 0 aliphatic heterocycles. The number of hydrogen-bond donors (Lipinski definition) is 2. The summed E-state index contributed by atoms with van der Waals surface area (Å²) in [6, 6.07) is 3.91. The van der Waals surface area contributed by atoms with Gasteiger partial charge in [0.1, 0.15) is 11.4 Å². The number of halogens is 1. The molecular formula is C16H25BrN2O3. The maximum atomic E-state index is 12.0. The van der Waals surface area contributed by atoms with Gasteiger partial charge in [-0.05, 0) is 75.0 Å². The first-order valence-corrected chi connectivity index (χ1v) is 8.48. The SMILES string of the molecule is CC(NCC1(NC(=O)OC(C)(C)C)CCC1)c1ccc(Br)o1. The van der Waals surface area contributed by atoms with Crippen LogP contribution in [0.15, 0.2) is 21.2 Å². The number of rotatable bonds is 5. The average Bonchev–Trinajstić information content (AvgIpc) is 2.76. The molecule has 1 heterocycles. The van der Waals surface area contributed by atoms with Gasteiger partial charge in [0.15, 0.2) is 4.67 Å². The molecule has 1 aliphatic carbocycles. The molecule has 124 valence electrons. The molecule has 0 aromatic carbocycles. The van der Waals surface area contributed by atoms with Crippen molar-refractivity contribution in [3.8, 4) is 0 Å². The Hall–Kier alpha value is -1.01. The van der Waals surface area contributed by atoms with Crippen LogP contribution in [0.1, 0.15) is 58.8 Å². The fourth-order valence-electron chi connectivity index (χ4n) is 2.48. The molecule has 1 aromatic rings. The molecule has 2 N–H and O–H groups in total. The molecule has 0 saturated heterocycles. The topological polar surface area (TPSA) is 63.5 Å². The minimum atomic E-state index is -0.476. The van der Waals surface area contributed by atoms with E-state index in [0.717, 1.165) is 29.7 Å². The van der Waals surface area contributed by atoms with E-state index in [0.29, 0.717) is 6.54 Å². The van der Waals surface area contributed by atoms with Crippen LogP contribution >= 0.6 is 15.9 Å². The highest BCUT2D eigenvalue weighted by molar-refractivity contribution is 9.10. The van der Waals surface area contributed by atoms with Gasteiger partial charge in [-0.1, -0.05) is 0 Å². The molecule has 1 atom stereocenters. The van der Waals surface area contributed by atoms with Crippen molar-refractivity contribution >= 4 is 22.0 Å². The Kier molecular flexibility index (Phi) is 5.22. The Morgan fingerprint density at radius 1 is 1.45 bits per heavy atom. The van der Waals surface area contributed by atoms with Crippen molar-refractivity contribution in [2.24, 2.45) is 0 Å². The summed E-state index contributed by atoms with van der Waals surface area (Å²) in [5, 5.41) is 6.47. The lowest BCUT2D eigenvalue weighted by Gasteiger charge is -2.43. The van der Waals surface area contributed by atoms with E-state index in [2.05, 4.69) is 26.6 Å². The van der Waals surface area contributed by atoms with E-state index in [1.165, 1.54) is 0 Å². The number of ether oxygens (including phenoxy) is 1. The van der Waals surface area contributed by atoms with Gasteiger partial charge in [-0.3, -0.25) is 0 Å². The van der Waals surface area contributed by atoms with Crippen LogP contribution in [0.5, 0.6) is 0 Å². The maximum absolute atomic E-state index is 12.0. The van der Waals surface area contributed by atoms with Crippen LogP contribution in [0.2, 0.25) is 0 Å². The standard InChI is InChI=1S/C16H25BrN2O3/c1-11(12-6-7-13(17)21-12)18-10-16(8-5-9-16)19-14(20)22-15(2,3)4/h6-7,11,18H,5,8-10H2,1-4H3,(H,19,20). The third kappa shape index (κ3) is 4.74. The fourth-order valence-corrected chi connectivity index (χ4v) is 2.80. The molecule has 1 saturated carbocycles. The lowest BCUT2D eigenvalue weighted by molar-refractivity contribution is 0.0378. The van der Waals surface area contributed by atoms with E-state index < -0.39 is 5.60 Å². The Morgan fingerprint density at radius 2 is 2.14 bits per heavy atom.